The van der Waals surface area contributed by atoms with E-state index in [0.29, 0.717) is 12.1 Å². The topological polar surface area (TPSA) is 54.5 Å². The number of rotatable bonds is 6. The Labute approximate surface area is 156 Å². The van der Waals surface area contributed by atoms with Gasteiger partial charge in [-0.2, -0.15) is 0 Å². The molecule has 132 valence electrons. The maximum atomic E-state index is 12.4. The van der Waals surface area contributed by atoms with Crippen molar-refractivity contribution < 1.29 is 9.53 Å². The van der Waals surface area contributed by atoms with Crippen LogP contribution >= 0.6 is 15.9 Å². The standard InChI is InChI=1S/C19H22BrN3O2/c1-25-17-6-4-14(5-7-17)18(23-8-2-3-9-23)13-22-19(24)15-10-16(20)12-21-11-15/h4-7,10-12,18H,2-3,8-9,13H2,1H3,(H,22,24). The first-order chi connectivity index (χ1) is 12.2. The van der Waals surface area contributed by atoms with Gasteiger partial charge in [-0.25, -0.2) is 0 Å². The molecule has 0 aliphatic carbocycles. The first-order valence-corrected chi connectivity index (χ1v) is 9.23. The summed E-state index contributed by atoms with van der Waals surface area (Å²) >= 11 is 3.35. The minimum Gasteiger partial charge on any atom is -0.497 e. The van der Waals surface area contributed by atoms with Crippen molar-refractivity contribution in [1.82, 2.24) is 15.2 Å². The molecule has 0 saturated carbocycles. The molecular formula is C19H22BrN3O2. The Morgan fingerprint density at radius 2 is 2.00 bits per heavy atom. The number of aromatic nitrogens is 1. The summed E-state index contributed by atoms with van der Waals surface area (Å²) in [4.78, 5) is 18.9. The zero-order valence-corrected chi connectivity index (χ0v) is 15.8. The smallest absolute Gasteiger partial charge is 0.252 e. The highest BCUT2D eigenvalue weighted by molar-refractivity contribution is 9.10. The van der Waals surface area contributed by atoms with E-state index < -0.39 is 0 Å². The second kappa shape index (κ2) is 8.45. The van der Waals surface area contributed by atoms with Gasteiger partial charge in [-0.05, 0) is 65.6 Å². The van der Waals surface area contributed by atoms with Gasteiger partial charge in [0.25, 0.3) is 5.91 Å². The number of benzene rings is 1. The number of halogens is 1. The molecule has 1 aliphatic rings. The van der Waals surface area contributed by atoms with E-state index in [9.17, 15) is 4.79 Å². The molecule has 1 amide bonds. The highest BCUT2D eigenvalue weighted by Gasteiger charge is 2.24. The minimum atomic E-state index is -0.105. The van der Waals surface area contributed by atoms with E-state index in [0.717, 1.165) is 23.3 Å². The molecule has 25 heavy (non-hydrogen) atoms. The third kappa shape index (κ3) is 4.58. The van der Waals surface area contributed by atoms with Crippen molar-refractivity contribution in [1.29, 1.82) is 0 Å². The molecule has 1 aromatic heterocycles. The normalized spacial score (nSPS) is 15.8. The Morgan fingerprint density at radius 3 is 2.64 bits per heavy atom. The molecule has 6 heteroatoms. The molecule has 2 aromatic rings. The molecule has 1 N–H and O–H groups in total. The summed E-state index contributed by atoms with van der Waals surface area (Å²) in [5.41, 5.74) is 1.75. The van der Waals surface area contributed by atoms with Crippen LogP contribution in [-0.2, 0) is 0 Å². The van der Waals surface area contributed by atoms with Gasteiger partial charge < -0.3 is 10.1 Å². The van der Waals surface area contributed by atoms with Gasteiger partial charge in [0.2, 0.25) is 0 Å². The second-order valence-corrected chi connectivity index (χ2v) is 7.05. The van der Waals surface area contributed by atoms with E-state index in [2.05, 4.69) is 43.3 Å². The number of nitrogens with one attached hydrogen (secondary N) is 1. The van der Waals surface area contributed by atoms with Crippen molar-refractivity contribution in [2.45, 2.75) is 18.9 Å². The summed E-state index contributed by atoms with van der Waals surface area (Å²) < 4.78 is 6.04. The predicted octanol–water partition coefficient (Wildman–Crippen LogP) is 3.42. The van der Waals surface area contributed by atoms with Crippen LogP contribution < -0.4 is 10.1 Å². The van der Waals surface area contributed by atoms with Gasteiger partial charge in [-0.15, -0.1) is 0 Å². The fraction of sp³-hybridized carbons (Fsp3) is 0.368. The lowest BCUT2D eigenvalue weighted by Gasteiger charge is -2.28. The molecule has 1 fully saturated rings. The number of methoxy groups -OCH3 is 1. The van der Waals surface area contributed by atoms with Crippen LogP contribution in [0, 0.1) is 0 Å². The van der Waals surface area contributed by atoms with Crippen molar-refractivity contribution in [3.8, 4) is 5.75 Å². The highest BCUT2D eigenvalue weighted by Crippen LogP contribution is 2.26. The van der Waals surface area contributed by atoms with E-state index in [1.54, 1.807) is 25.6 Å². The minimum absolute atomic E-state index is 0.105. The zero-order valence-electron chi connectivity index (χ0n) is 14.2. The Morgan fingerprint density at radius 1 is 1.28 bits per heavy atom. The Bertz CT molecular complexity index is 715. The molecule has 3 rings (SSSR count). The second-order valence-electron chi connectivity index (χ2n) is 6.13. The molecule has 5 nitrogen and oxygen atoms in total. The molecule has 2 heterocycles. The Kier molecular flexibility index (Phi) is 6.04. The van der Waals surface area contributed by atoms with Crippen molar-refractivity contribution in [2.75, 3.05) is 26.7 Å². The lowest BCUT2D eigenvalue weighted by atomic mass is 10.0. The molecule has 0 radical (unpaired) electrons. The molecule has 1 unspecified atom stereocenters. The number of carbonyl (C=O) groups excluding carboxylic acids is 1. The number of likely N-dealkylation sites (tertiary alicyclic amines) is 1. The van der Waals surface area contributed by atoms with Crippen LogP contribution in [0.25, 0.3) is 0 Å². The van der Waals surface area contributed by atoms with Gasteiger partial charge in [0, 0.05) is 23.4 Å². The SMILES string of the molecule is COc1ccc(C(CNC(=O)c2cncc(Br)c2)N2CCCC2)cc1. The molecule has 1 saturated heterocycles. The summed E-state index contributed by atoms with van der Waals surface area (Å²) in [7, 11) is 1.67. The number of hydrogen-bond acceptors (Lipinski definition) is 4. The monoisotopic (exact) mass is 403 g/mol. The summed E-state index contributed by atoms with van der Waals surface area (Å²) in [6, 6.07) is 10.0. The van der Waals surface area contributed by atoms with E-state index in [-0.39, 0.29) is 11.9 Å². The number of amides is 1. The van der Waals surface area contributed by atoms with Crippen molar-refractivity contribution in [3.05, 3.63) is 58.3 Å². The van der Waals surface area contributed by atoms with Crippen LogP contribution in [0.15, 0.2) is 47.2 Å². The van der Waals surface area contributed by atoms with Crippen LogP contribution in [0.3, 0.4) is 0 Å². The summed E-state index contributed by atoms with van der Waals surface area (Å²) in [6.07, 6.45) is 5.66. The van der Waals surface area contributed by atoms with Crippen LogP contribution in [0.2, 0.25) is 0 Å². The molecular weight excluding hydrogens is 382 g/mol. The predicted molar refractivity (Wildman–Crippen MR) is 101 cm³/mol. The first-order valence-electron chi connectivity index (χ1n) is 8.44. The highest BCUT2D eigenvalue weighted by atomic mass is 79.9. The quantitative estimate of drug-likeness (QED) is 0.802. The lowest BCUT2D eigenvalue weighted by molar-refractivity contribution is 0.0937. The molecule has 1 atom stereocenters. The van der Waals surface area contributed by atoms with Gasteiger partial charge >= 0.3 is 0 Å². The largest absolute Gasteiger partial charge is 0.497 e. The molecule has 1 aromatic carbocycles. The van der Waals surface area contributed by atoms with Crippen molar-refractivity contribution >= 4 is 21.8 Å². The van der Waals surface area contributed by atoms with Gasteiger partial charge in [0.05, 0.1) is 18.7 Å². The van der Waals surface area contributed by atoms with E-state index >= 15 is 0 Å². The van der Waals surface area contributed by atoms with Gasteiger partial charge in [0.15, 0.2) is 0 Å². The first kappa shape index (κ1) is 17.9. The van der Waals surface area contributed by atoms with Gasteiger partial charge in [-0.3, -0.25) is 14.7 Å². The zero-order chi connectivity index (χ0) is 17.6. The summed E-state index contributed by atoms with van der Waals surface area (Å²) in [6.45, 7) is 2.69. The average molecular weight is 404 g/mol. The Hall–Kier alpha value is -1.92. The Balaban J connectivity index is 1.72. The molecule has 0 spiro atoms. The number of nitrogens with zero attached hydrogens (tertiary/aromatic N) is 2. The fourth-order valence-electron chi connectivity index (χ4n) is 3.16. The van der Waals surface area contributed by atoms with Crippen molar-refractivity contribution in [3.63, 3.8) is 0 Å². The van der Waals surface area contributed by atoms with Crippen LogP contribution in [0.1, 0.15) is 34.8 Å². The lowest BCUT2D eigenvalue weighted by Crippen LogP contribution is -2.36. The summed E-state index contributed by atoms with van der Waals surface area (Å²) in [5, 5.41) is 3.06. The number of hydrogen-bond donors (Lipinski definition) is 1. The number of pyridine rings is 1. The maximum Gasteiger partial charge on any atom is 0.252 e. The van der Waals surface area contributed by atoms with Crippen LogP contribution in [-0.4, -0.2) is 42.5 Å². The summed E-state index contributed by atoms with van der Waals surface area (Å²) in [5.74, 6) is 0.736. The van der Waals surface area contributed by atoms with Gasteiger partial charge in [-0.1, -0.05) is 12.1 Å². The van der Waals surface area contributed by atoms with Gasteiger partial charge in [0.1, 0.15) is 5.75 Å². The number of carbonyl (C=O) groups is 1. The number of ether oxygens (including phenoxy) is 1. The third-order valence-electron chi connectivity index (χ3n) is 4.51. The van der Waals surface area contributed by atoms with Crippen LogP contribution in [0.4, 0.5) is 0 Å². The van der Waals surface area contributed by atoms with Crippen LogP contribution in [0.5, 0.6) is 5.75 Å². The molecule has 1 aliphatic heterocycles. The fourth-order valence-corrected chi connectivity index (χ4v) is 3.53. The maximum absolute atomic E-state index is 12.4. The van der Waals surface area contributed by atoms with E-state index in [1.807, 2.05) is 12.1 Å². The third-order valence-corrected chi connectivity index (χ3v) is 4.94. The van der Waals surface area contributed by atoms with E-state index in [1.165, 1.54) is 18.4 Å². The van der Waals surface area contributed by atoms with E-state index in [4.69, 9.17) is 4.74 Å². The molecule has 0 bridgehead atoms. The average Bonchev–Trinajstić information content (AvgIpc) is 3.16. The van der Waals surface area contributed by atoms with Crippen molar-refractivity contribution in [2.24, 2.45) is 0 Å².